The standard InChI is InChI=1S/C24H27N5O2/c1-17-23(18(2)31-28-17)7-9-30-24-6-5-20(22-12-26-16-27-13-22)10-21(24)15-29-8-3-4-19(11-25)14-29/h5-6,10,12-13,16,19H,3-4,7-9,14-15H2,1-2H3. The van der Waals surface area contributed by atoms with E-state index in [1.807, 2.05) is 38.4 Å². The Morgan fingerprint density at radius 3 is 2.81 bits per heavy atom. The van der Waals surface area contributed by atoms with Crippen molar-refractivity contribution in [3.63, 3.8) is 0 Å². The van der Waals surface area contributed by atoms with Crippen molar-refractivity contribution in [3.05, 3.63) is 59.5 Å². The molecule has 160 valence electrons. The van der Waals surface area contributed by atoms with Crippen LogP contribution in [0.4, 0.5) is 0 Å². The van der Waals surface area contributed by atoms with E-state index in [-0.39, 0.29) is 5.92 Å². The third-order valence-electron chi connectivity index (χ3n) is 5.83. The van der Waals surface area contributed by atoms with Crippen LogP contribution in [0.2, 0.25) is 0 Å². The largest absolute Gasteiger partial charge is 0.493 e. The van der Waals surface area contributed by atoms with Crippen molar-refractivity contribution in [2.75, 3.05) is 19.7 Å². The molecule has 1 atom stereocenters. The summed E-state index contributed by atoms with van der Waals surface area (Å²) in [4.78, 5) is 10.6. The molecule has 1 saturated heterocycles. The Morgan fingerprint density at radius 2 is 2.06 bits per heavy atom. The number of nitriles is 1. The van der Waals surface area contributed by atoms with Gasteiger partial charge in [-0.3, -0.25) is 4.90 Å². The highest BCUT2D eigenvalue weighted by atomic mass is 16.5. The summed E-state index contributed by atoms with van der Waals surface area (Å²) in [6.07, 6.45) is 7.94. The van der Waals surface area contributed by atoms with Gasteiger partial charge in [0.1, 0.15) is 17.8 Å². The van der Waals surface area contributed by atoms with Crippen LogP contribution in [0.3, 0.4) is 0 Å². The first-order chi connectivity index (χ1) is 15.1. The Morgan fingerprint density at radius 1 is 1.23 bits per heavy atom. The molecule has 7 heteroatoms. The normalized spacial score (nSPS) is 16.7. The number of hydrogen-bond acceptors (Lipinski definition) is 7. The van der Waals surface area contributed by atoms with Crippen molar-refractivity contribution < 1.29 is 9.26 Å². The van der Waals surface area contributed by atoms with Crippen LogP contribution in [0.5, 0.6) is 5.75 Å². The molecule has 7 nitrogen and oxygen atoms in total. The average Bonchev–Trinajstić information content (AvgIpc) is 3.13. The topological polar surface area (TPSA) is 88.1 Å². The Kier molecular flexibility index (Phi) is 6.58. The van der Waals surface area contributed by atoms with E-state index in [1.54, 1.807) is 0 Å². The summed E-state index contributed by atoms with van der Waals surface area (Å²) in [5, 5.41) is 13.4. The summed E-state index contributed by atoms with van der Waals surface area (Å²) in [7, 11) is 0. The van der Waals surface area contributed by atoms with E-state index in [2.05, 4.69) is 32.2 Å². The molecule has 3 aromatic rings. The zero-order valence-corrected chi connectivity index (χ0v) is 18.0. The predicted octanol–water partition coefficient (Wildman–Crippen LogP) is 4.11. The van der Waals surface area contributed by atoms with Crippen LogP contribution in [-0.4, -0.2) is 39.7 Å². The lowest BCUT2D eigenvalue weighted by Crippen LogP contribution is -2.34. The van der Waals surface area contributed by atoms with Crippen LogP contribution < -0.4 is 4.74 Å². The second-order valence-corrected chi connectivity index (χ2v) is 8.05. The first kappa shape index (κ1) is 21.0. The van der Waals surface area contributed by atoms with E-state index in [9.17, 15) is 5.26 Å². The van der Waals surface area contributed by atoms with Crippen LogP contribution in [0.15, 0.2) is 41.4 Å². The zero-order chi connectivity index (χ0) is 21.6. The van der Waals surface area contributed by atoms with Crippen molar-refractivity contribution in [2.45, 2.75) is 39.7 Å². The fourth-order valence-corrected chi connectivity index (χ4v) is 4.14. The summed E-state index contributed by atoms with van der Waals surface area (Å²) in [5.41, 5.74) is 5.16. The molecule has 0 bridgehead atoms. The van der Waals surface area contributed by atoms with Gasteiger partial charge in [-0.2, -0.15) is 5.26 Å². The molecule has 0 aliphatic carbocycles. The average molecular weight is 418 g/mol. The maximum Gasteiger partial charge on any atom is 0.137 e. The SMILES string of the molecule is Cc1noc(C)c1CCOc1ccc(-c2cncnc2)cc1CN1CCCC(C#N)C1. The molecule has 2 aromatic heterocycles. The van der Waals surface area contributed by atoms with Gasteiger partial charge in [0.15, 0.2) is 0 Å². The molecule has 3 heterocycles. The second-order valence-electron chi connectivity index (χ2n) is 8.05. The highest BCUT2D eigenvalue weighted by Crippen LogP contribution is 2.29. The van der Waals surface area contributed by atoms with Crippen LogP contribution >= 0.6 is 0 Å². The van der Waals surface area contributed by atoms with Crippen molar-refractivity contribution in [1.82, 2.24) is 20.0 Å². The number of aryl methyl sites for hydroxylation is 2. The van der Waals surface area contributed by atoms with Crippen LogP contribution in [0, 0.1) is 31.1 Å². The molecule has 0 N–H and O–H groups in total. The van der Waals surface area contributed by atoms with Gasteiger partial charge in [0.05, 0.1) is 24.3 Å². The maximum atomic E-state index is 9.35. The summed E-state index contributed by atoms with van der Waals surface area (Å²) < 4.78 is 11.5. The summed E-state index contributed by atoms with van der Waals surface area (Å²) in [6.45, 7) is 6.98. The number of rotatable bonds is 7. The monoisotopic (exact) mass is 417 g/mol. The third kappa shape index (κ3) is 5.09. The van der Waals surface area contributed by atoms with Gasteiger partial charge in [-0.25, -0.2) is 9.97 Å². The Labute approximate surface area is 182 Å². The molecule has 1 unspecified atom stereocenters. The van der Waals surface area contributed by atoms with Crippen molar-refractivity contribution >= 4 is 0 Å². The molecular weight excluding hydrogens is 390 g/mol. The lowest BCUT2D eigenvalue weighted by Gasteiger charge is -2.30. The fourth-order valence-electron chi connectivity index (χ4n) is 4.14. The zero-order valence-electron chi connectivity index (χ0n) is 18.0. The predicted molar refractivity (Wildman–Crippen MR) is 116 cm³/mol. The minimum atomic E-state index is 0.100. The minimum Gasteiger partial charge on any atom is -0.493 e. The van der Waals surface area contributed by atoms with Crippen LogP contribution in [0.1, 0.15) is 35.4 Å². The van der Waals surface area contributed by atoms with Gasteiger partial charge in [0.25, 0.3) is 0 Å². The summed E-state index contributed by atoms with van der Waals surface area (Å²) in [5.74, 6) is 1.81. The number of nitrogens with zero attached hydrogens (tertiary/aromatic N) is 5. The molecule has 1 aliphatic heterocycles. The van der Waals surface area contributed by atoms with Gasteiger partial charge < -0.3 is 9.26 Å². The van der Waals surface area contributed by atoms with E-state index in [4.69, 9.17) is 9.26 Å². The highest BCUT2D eigenvalue weighted by Gasteiger charge is 2.21. The van der Waals surface area contributed by atoms with Crippen molar-refractivity contribution in [2.24, 2.45) is 5.92 Å². The number of ether oxygens (including phenoxy) is 1. The molecule has 0 spiro atoms. The van der Waals surface area contributed by atoms with E-state index in [0.29, 0.717) is 6.61 Å². The van der Waals surface area contributed by atoms with Crippen LogP contribution in [0.25, 0.3) is 11.1 Å². The first-order valence-corrected chi connectivity index (χ1v) is 10.7. The van der Waals surface area contributed by atoms with E-state index >= 15 is 0 Å². The molecule has 4 rings (SSSR count). The van der Waals surface area contributed by atoms with Crippen molar-refractivity contribution in [1.29, 1.82) is 5.26 Å². The molecule has 1 aromatic carbocycles. The van der Waals surface area contributed by atoms with Gasteiger partial charge in [-0.1, -0.05) is 11.2 Å². The molecule has 0 saturated carbocycles. The molecule has 0 radical (unpaired) electrons. The van der Waals surface area contributed by atoms with E-state index in [0.717, 1.165) is 78.4 Å². The first-order valence-electron chi connectivity index (χ1n) is 10.7. The third-order valence-corrected chi connectivity index (χ3v) is 5.83. The smallest absolute Gasteiger partial charge is 0.137 e. The second kappa shape index (κ2) is 9.71. The Balaban J connectivity index is 1.53. The van der Waals surface area contributed by atoms with Crippen LogP contribution in [-0.2, 0) is 13.0 Å². The van der Waals surface area contributed by atoms with Gasteiger partial charge >= 0.3 is 0 Å². The summed E-state index contributed by atoms with van der Waals surface area (Å²) >= 11 is 0. The van der Waals surface area contributed by atoms with Gasteiger partial charge in [-0.05, 0) is 50.9 Å². The van der Waals surface area contributed by atoms with E-state index in [1.165, 1.54) is 6.33 Å². The lowest BCUT2D eigenvalue weighted by molar-refractivity contribution is 0.189. The lowest BCUT2D eigenvalue weighted by atomic mass is 9.98. The number of piperidine rings is 1. The Bertz CT molecular complexity index is 1040. The number of aromatic nitrogens is 3. The molecule has 0 amide bonds. The van der Waals surface area contributed by atoms with Crippen molar-refractivity contribution in [3.8, 4) is 22.9 Å². The van der Waals surface area contributed by atoms with Gasteiger partial charge in [0.2, 0.25) is 0 Å². The maximum absolute atomic E-state index is 9.35. The van der Waals surface area contributed by atoms with E-state index < -0.39 is 0 Å². The summed E-state index contributed by atoms with van der Waals surface area (Å²) in [6, 6.07) is 8.65. The molecule has 1 aliphatic rings. The Hall–Kier alpha value is -3.24. The number of benzene rings is 1. The number of hydrogen-bond donors (Lipinski definition) is 0. The highest BCUT2D eigenvalue weighted by molar-refractivity contribution is 5.64. The molecule has 31 heavy (non-hydrogen) atoms. The molecular formula is C24H27N5O2. The fraction of sp³-hybridized carbons (Fsp3) is 0.417. The number of likely N-dealkylation sites (tertiary alicyclic amines) is 1. The van der Waals surface area contributed by atoms with Gasteiger partial charge in [0, 0.05) is 48.6 Å². The molecule has 1 fully saturated rings. The minimum absolute atomic E-state index is 0.100. The quantitative estimate of drug-likeness (QED) is 0.572. The van der Waals surface area contributed by atoms with Gasteiger partial charge in [-0.15, -0.1) is 0 Å².